The summed E-state index contributed by atoms with van der Waals surface area (Å²) in [7, 11) is 2.05. The molecule has 0 spiro atoms. The fourth-order valence-electron chi connectivity index (χ4n) is 4.13. The van der Waals surface area contributed by atoms with E-state index in [1.165, 1.54) is 0 Å². The molecule has 1 amide bonds. The highest BCUT2D eigenvalue weighted by Gasteiger charge is 2.33. The number of carbonyl (C=O) groups excluding carboxylic acids is 1. The number of carbonyl (C=O) groups is 1. The van der Waals surface area contributed by atoms with Crippen molar-refractivity contribution < 1.29 is 4.79 Å². The number of hydrogen-bond donors (Lipinski definition) is 0. The number of aromatic nitrogens is 3. The molecule has 1 aromatic carbocycles. The number of piperazine rings is 1. The van der Waals surface area contributed by atoms with E-state index >= 15 is 0 Å². The van der Waals surface area contributed by atoms with Crippen molar-refractivity contribution in [3.63, 3.8) is 0 Å². The Kier molecular flexibility index (Phi) is 4.93. The molecule has 2 saturated heterocycles. The highest BCUT2D eigenvalue weighted by Crippen LogP contribution is 2.28. The van der Waals surface area contributed by atoms with Gasteiger partial charge in [-0.3, -0.25) is 9.69 Å². The first-order chi connectivity index (χ1) is 14.1. The van der Waals surface area contributed by atoms with Crippen LogP contribution in [0.25, 0.3) is 16.2 Å². The lowest BCUT2D eigenvalue weighted by Gasteiger charge is -2.36. The van der Waals surface area contributed by atoms with Crippen LogP contribution in [0, 0.1) is 0 Å². The molecular formula is C20H23ClN6OS. The normalized spacial score (nSPS) is 20.7. The van der Waals surface area contributed by atoms with Gasteiger partial charge in [0.05, 0.1) is 17.9 Å². The van der Waals surface area contributed by atoms with Gasteiger partial charge in [-0.25, -0.2) is 9.50 Å². The van der Waals surface area contributed by atoms with Crippen LogP contribution >= 0.6 is 22.9 Å². The molecule has 7 nitrogen and oxygen atoms in total. The molecule has 1 atom stereocenters. The van der Waals surface area contributed by atoms with E-state index in [4.69, 9.17) is 21.7 Å². The molecule has 3 aromatic rings. The zero-order chi connectivity index (χ0) is 20.0. The second-order valence-electron chi connectivity index (χ2n) is 7.70. The van der Waals surface area contributed by atoms with Crippen LogP contribution in [-0.2, 0) is 4.79 Å². The lowest BCUT2D eigenvalue weighted by Crippen LogP contribution is -2.53. The summed E-state index contributed by atoms with van der Waals surface area (Å²) in [4.78, 5) is 24.8. The van der Waals surface area contributed by atoms with Crippen LogP contribution in [0.3, 0.4) is 0 Å². The monoisotopic (exact) mass is 430 g/mol. The molecule has 0 radical (unpaired) electrons. The van der Waals surface area contributed by atoms with E-state index in [9.17, 15) is 4.79 Å². The van der Waals surface area contributed by atoms with Gasteiger partial charge in [-0.1, -0.05) is 35.1 Å². The van der Waals surface area contributed by atoms with Gasteiger partial charge in [0.2, 0.25) is 16.0 Å². The van der Waals surface area contributed by atoms with E-state index in [0.29, 0.717) is 5.02 Å². The summed E-state index contributed by atoms with van der Waals surface area (Å²) in [6.45, 7) is 4.14. The Balaban J connectivity index is 1.25. The number of benzene rings is 1. The van der Waals surface area contributed by atoms with Crippen LogP contribution < -0.4 is 4.90 Å². The molecule has 9 heteroatoms. The predicted molar refractivity (Wildman–Crippen MR) is 116 cm³/mol. The fourth-order valence-corrected chi connectivity index (χ4v) is 5.19. The molecule has 5 rings (SSSR count). The second kappa shape index (κ2) is 7.59. The number of halogens is 1. The van der Waals surface area contributed by atoms with Crippen LogP contribution in [0.4, 0.5) is 5.13 Å². The van der Waals surface area contributed by atoms with Crippen LogP contribution in [0.15, 0.2) is 30.5 Å². The van der Waals surface area contributed by atoms with Crippen molar-refractivity contribution >= 4 is 38.9 Å². The Labute approximate surface area is 178 Å². The first-order valence-corrected chi connectivity index (χ1v) is 11.1. The van der Waals surface area contributed by atoms with Crippen LogP contribution in [0.1, 0.15) is 12.8 Å². The predicted octanol–water partition coefficient (Wildman–Crippen LogP) is 2.85. The van der Waals surface area contributed by atoms with Crippen molar-refractivity contribution in [3.8, 4) is 11.3 Å². The standard InChI is InChI=1S/C20H23ClN6OS/c1-24-8-2-3-17(24)18(28)25-9-11-26(12-10-25)20-23-27-13-16(22-19(27)29-20)14-4-6-15(21)7-5-14/h4-7,13,17H,2-3,8-12H2,1H3. The average molecular weight is 431 g/mol. The maximum Gasteiger partial charge on any atom is 0.240 e. The van der Waals surface area contributed by atoms with Gasteiger partial charge in [0.25, 0.3) is 0 Å². The molecule has 0 bridgehead atoms. The van der Waals surface area contributed by atoms with Crippen molar-refractivity contribution in [1.82, 2.24) is 24.4 Å². The number of hydrogen-bond acceptors (Lipinski definition) is 6. The van der Waals surface area contributed by atoms with Crippen molar-refractivity contribution in [2.45, 2.75) is 18.9 Å². The van der Waals surface area contributed by atoms with E-state index in [1.807, 2.05) is 39.9 Å². The van der Waals surface area contributed by atoms with Crippen LogP contribution in [0.5, 0.6) is 0 Å². The molecule has 4 heterocycles. The van der Waals surface area contributed by atoms with Crippen molar-refractivity contribution in [2.75, 3.05) is 44.7 Å². The van der Waals surface area contributed by atoms with Crippen molar-refractivity contribution in [1.29, 1.82) is 0 Å². The van der Waals surface area contributed by atoms with Gasteiger partial charge in [-0.15, -0.1) is 5.10 Å². The molecule has 2 fully saturated rings. The molecule has 152 valence electrons. The van der Waals surface area contributed by atoms with Gasteiger partial charge in [-0.2, -0.15) is 0 Å². The van der Waals surface area contributed by atoms with Gasteiger partial charge in [-0.05, 0) is 38.6 Å². The maximum atomic E-state index is 12.8. The fraction of sp³-hybridized carbons (Fsp3) is 0.450. The summed E-state index contributed by atoms with van der Waals surface area (Å²) in [6, 6.07) is 7.73. The van der Waals surface area contributed by atoms with Crippen LogP contribution in [0.2, 0.25) is 5.02 Å². The highest BCUT2D eigenvalue weighted by molar-refractivity contribution is 7.20. The maximum absolute atomic E-state index is 12.8. The third-order valence-electron chi connectivity index (χ3n) is 5.84. The summed E-state index contributed by atoms with van der Waals surface area (Å²) in [6.07, 6.45) is 4.05. The minimum absolute atomic E-state index is 0.0657. The first-order valence-electron chi connectivity index (χ1n) is 9.94. The molecule has 0 saturated carbocycles. The minimum Gasteiger partial charge on any atom is -0.343 e. The number of fused-ring (bicyclic) bond motifs is 1. The molecular weight excluding hydrogens is 408 g/mol. The third-order valence-corrected chi connectivity index (χ3v) is 7.08. The smallest absolute Gasteiger partial charge is 0.240 e. The molecule has 2 aromatic heterocycles. The van der Waals surface area contributed by atoms with E-state index in [0.717, 1.165) is 66.9 Å². The number of likely N-dealkylation sites (N-methyl/N-ethyl adjacent to an activating group) is 1. The second-order valence-corrected chi connectivity index (χ2v) is 9.07. The summed E-state index contributed by atoms with van der Waals surface area (Å²) in [5, 5.41) is 6.39. The molecule has 2 aliphatic heterocycles. The van der Waals surface area contributed by atoms with E-state index < -0.39 is 0 Å². The number of anilines is 1. The molecule has 0 aliphatic carbocycles. The Bertz CT molecular complexity index is 992. The molecule has 29 heavy (non-hydrogen) atoms. The molecule has 0 N–H and O–H groups in total. The van der Waals surface area contributed by atoms with Gasteiger partial charge in [0.1, 0.15) is 0 Å². The lowest BCUT2D eigenvalue weighted by molar-refractivity contribution is -0.135. The zero-order valence-corrected chi connectivity index (χ0v) is 17.9. The van der Waals surface area contributed by atoms with Gasteiger partial charge in [0, 0.05) is 36.8 Å². The topological polar surface area (TPSA) is 57.0 Å². The first kappa shape index (κ1) is 18.8. The number of rotatable bonds is 3. The Morgan fingerprint density at radius 2 is 1.90 bits per heavy atom. The van der Waals surface area contributed by atoms with Gasteiger partial charge < -0.3 is 9.80 Å². The Morgan fingerprint density at radius 1 is 1.14 bits per heavy atom. The Morgan fingerprint density at radius 3 is 2.55 bits per heavy atom. The number of amides is 1. The molecule has 2 aliphatic rings. The number of likely N-dealkylation sites (tertiary alicyclic amines) is 1. The van der Waals surface area contributed by atoms with Gasteiger partial charge in [0.15, 0.2) is 0 Å². The number of nitrogens with zero attached hydrogens (tertiary/aromatic N) is 6. The van der Waals surface area contributed by atoms with Crippen molar-refractivity contribution in [3.05, 3.63) is 35.5 Å². The van der Waals surface area contributed by atoms with E-state index in [-0.39, 0.29) is 11.9 Å². The van der Waals surface area contributed by atoms with Crippen molar-refractivity contribution in [2.24, 2.45) is 0 Å². The molecule has 1 unspecified atom stereocenters. The summed E-state index contributed by atoms with van der Waals surface area (Å²) >= 11 is 7.56. The van der Waals surface area contributed by atoms with E-state index in [2.05, 4.69) is 16.8 Å². The van der Waals surface area contributed by atoms with E-state index in [1.54, 1.807) is 11.3 Å². The van der Waals surface area contributed by atoms with Crippen LogP contribution in [-0.4, -0.2) is 76.1 Å². The SMILES string of the molecule is CN1CCCC1C(=O)N1CCN(c2nn3cc(-c4ccc(Cl)cc4)nc3s2)CC1. The summed E-state index contributed by atoms with van der Waals surface area (Å²) in [5.74, 6) is 0.284. The zero-order valence-electron chi connectivity index (χ0n) is 16.3. The lowest BCUT2D eigenvalue weighted by atomic mass is 10.2. The van der Waals surface area contributed by atoms with Gasteiger partial charge >= 0.3 is 0 Å². The third kappa shape index (κ3) is 3.60. The number of imidazole rings is 1. The summed E-state index contributed by atoms with van der Waals surface area (Å²) < 4.78 is 1.84. The summed E-state index contributed by atoms with van der Waals surface area (Å²) in [5.41, 5.74) is 1.92. The average Bonchev–Trinajstić information content (AvgIpc) is 3.43. The largest absolute Gasteiger partial charge is 0.343 e. The quantitative estimate of drug-likeness (QED) is 0.639. The minimum atomic E-state index is 0.0657. The Hall–Kier alpha value is -2.16. The highest BCUT2D eigenvalue weighted by atomic mass is 35.5.